The van der Waals surface area contributed by atoms with Crippen LogP contribution in [0, 0.1) is 11.8 Å². The minimum atomic E-state index is -2.58. The Labute approximate surface area is 107 Å². The quantitative estimate of drug-likeness (QED) is 0.474. The Morgan fingerprint density at radius 3 is 1.71 bits per heavy atom. The third-order valence-electron chi connectivity index (χ3n) is 2.52. The van der Waals surface area contributed by atoms with Crippen molar-refractivity contribution in [2.75, 3.05) is 21.3 Å². The highest BCUT2D eigenvalue weighted by Crippen LogP contribution is 2.23. The molecule has 0 N–H and O–H groups in total. The molecular formula is C12H28O4Si. The zero-order valence-corrected chi connectivity index (χ0v) is 13.3. The average molecular weight is 264 g/mol. The van der Waals surface area contributed by atoms with Crippen molar-refractivity contribution in [1.82, 2.24) is 0 Å². The summed E-state index contributed by atoms with van der Waals surface area (Å²) in [5.41, 5.74) is 0. The van der Waals surface area contributed by atoms with Crippen LogP contribution in [-0.2, 0) is 18.0 Å². The fraction of sp³-hybridized carbons (Fsp3) is 1.00. The second-order valence-electron chi connectivity index (χ2n) is 5.10. The first kappa shape index (κ1) is 17.1. The van der Waals surface area contributed by atoms with Crippen LogP contribution in [0.5, 0.6) is 0 Å². The Bertz CT molecular complexity index is 193. The largest absolute Gasteiger partial charge is 0.502 e. The lowest BCUT2D eigenvalue weighted by Crippen LogP contribution is -2.48. The van der Waals surface area contributed by atoms with E-state index in [4.69, 9.17) is 18.0 Å². The predicted molar refractivity (Wildman–Crippen MR) is 70.8 cm³/mol. The molecule has 0 aliphatic rings. The molecule has 0 aromatic heterocycles. The fourth-order valence-corrected chi connectivity index (χ4v) is 4.05. The number of hydrogen-bond acceptors (Lipinski definition) is 4. The number of ether oxygens (including phenoxy) is 1. The number of rotatable bonds is 9. The summed E-state index contributed by atoms with van der Waals surface area (Å²) in [6.07, 6.45) is 0.594. The van der Waals surface area contributed by atoms with Gasteiger partial charge in [0, 0.05) is 27.4 Å². The topological polar surface area (TPSA) is 36.9 Å². The maximum Gasteiger partial charge on any atom is 0.502 e. The predicted octanol–water partition coefficient (Wildman–Crippen LogP) is 2.91. The summed E-state index contributed by atoms with van der Waals surface area (Å²) in [5, 5.41) is 0. The molecule has 1 unspecified atom stereocenters. The van der Waals surface area contributed by atoms with Crippen LogP contribution in [0.15, 0.2) is 0 Å². The monoisotopic (exact) mass is 264 g/mol. The maximum absolute atomic E-state index is 5.98. The van der Waals surface area contributed by atoms with Gasteiger partial charge in [-0.2, -0.15) is 0 Å². The molecular weight excluding hydrogens is 236 g/mol. The Morgan fingerprint density at radius 2 is 1.41 bits per heavy atom. The lowest BCUT2D eigenvalue weighted by molar-refractivity contribution is -0.105. The second kappa shape index (κ2) is 8.21. The van der Waals surface area contributed by atoms with Crippen molar-refractivity contribution in [1.29, 1.82) is 0 Å². The molecule has 17 heavy (non-hydrogen) atoms. The van der Waals surface area contributed by atoms with E-state index in [-0.39, 0.29) is 6.29 Å². The van der Waals surface area contributed by atoms with Crippen LogP contribution in [-0.4, -0.2) is 36.4 Å². The van der Waals surface area contributed by atoms with E-state index in [9.17, 15) is 0 Å². The van der Waals surface area contributed by atoms with Gasteiger partial charge in [-0.1, -0.05) is 27.7 Å². The maximum atomic E-state index is 5.98. The van der Waals surface area contributed by atoms with Gasteiger partial charge in [0.15, 0.2) is 6.29 Å². The fourth-order valence-electron chi connectivity index (χ4n) is 1.67. The van der Waals surface area contributed by atoms with E-state index in [1.165, 1.54) is 0 Å². The van der Waals surface area contributed by atoms with E-state index in [0.717, 1.165) is 12.5 Å². The van der Waals surface area contributed by atoms with Crippen molar-refractivity contribution >= 4 is 8.80 Å². The minimum absolute atomic E-state index is 0.250. The lowest BCUT2D eigenvalue weighted by Gasteiger charge is -2.32. The molecule has 0 saturated heterocycles. The molecule has 0 bridgehead atoms. The van der Waals surface area contributed by atoms with Crippen molar-refractivity contribution in [3.8, 4) is 0 Å². The van der Waals surface area contributed by atoms with Gasteiger partial charge in [-0.25, -0.2) is 0 Å². The third kappa shape index (κ3) is 6.52. The van der Waals surface area contributed by atoms with Gasteiger partial charge in [0.25, 0.3) is 0 Å². The number of methoxy groups -OCH3 is 1. The van der Waals surface area contributed by atoms with Gasteiger partial charge in [0.2, 0.25) is 0 Å². The van der Waals surface area contributed by atoms with Gasteiger partial charge in [-0.05, 0) is 18.3 Å². The second-order valence-corrected chi connectivity index (χ2v) is 7.93. The first-order chi connectivity index (χ1) is 7.89. The Balaban J connectivity index is 4.58. The molecule has 0 aromatic rings. The van der Waals surface area contributed by atoms with E-state index >= 15 is 0 Å². The van der Waals surface area contributed by atoms with Crippen LogP contribution in [0.1, 0.15) is 34.1 Å². The highest BCUT2D eigenvalue weighted by Gasteiger charge is 2.42. The Morgan fingerprint density at radius 1 is 0.882 bits per heavy atom. The van der Waals surface area contributed by atoms with Crippen LogP contribution in [0.25, 0.3) is 0 Å². The zero-order chi connectivity index (χ0) is 13.5. The molecule has 1 atom stereocenters. The Kier molecular flexibility index (Phi) is 8.24. The van der Waals surface area contributed by atoms with Gasteiger partial charge in [-0.3, -0.25) is 0 Å². The normalized spacial score (nSPS) is 14.6. The summed E-state index contributed by atoms with van der Waals surface area (Å²) in [6, 6.07) is 0.804. The molecule has 0 radical (unpaired) electrons. The highest BCUT2D eigenvalue weighted by atomic mass is 28.4. The summed E-state index contributed by atoms with van der Waals surface area (Å²) in [6.45, 7) is 8.54. The van der Waals surface area contributed by atoms with E-state index < -0.39 is 8.80 Å². The van der Waals surface area contributed by atoms with Gasteiger partial charge < -0.3 is 18.0 Å². The van der Waals surface area contributed by atoms with Gasteiger partial charge in [-0.15, -0.1) is 0 Å². The molecule has 0 aliphatic heterocycles. The summed E-state index contributed by atoms with van der Waals surface area (Å²) in [4.78, 5) is 0. The van der Waals surface area contributed by atoms with Crippen molar-refractivity contribution < 1.29 is 18.0 Å². The average Bonchev–Trinajstić information content (AvgIpc) is 2.25. The van der Waals surface area contributed by atoms with Crippen LogP contribution in [0.4, 0.5) is 0 Å². The Hall–Kier alpha value is 0.0569. The van der Waals surface area contributed by atoms with E-state index in [1.54, 1.807) is 21.3 Å². The molecule has 0 aromatic carbocycles. The molecule has 0 rings (SSSR count). The number of hydrogen-bond donors (Lipinski definition) is 0. The van der Waals surface area contributed by atoms with Gasteiger partial charge >= 0.3 is 8.80 Å². The van der Waals surface area contributed by atoms with Crippen molar-refractivity contribution in [3.63, 3.8) is 0 Å². The van der Waals surface area contributed by atoms with Crippen LogP contribution >= 0.6 is 0 Å². The molecule has 0 fully saturated rings. The summed E-state index contributed by atoms with van der Waals surface area (Å²) < 4.78 is 22.4. The highest BCUT2D eigenvalue weighted by molar-refractivity contribution is 6.60. The van der Waals surface area contributed by atoms with Crippen LogP contribution in [0.2, 0.25) is 6.04 Å². The van der Waals surface area contributed by atoms with Crippen molar-refractivity contribution in [2.45, 2.75) is 46.4 Å². The smallest absolute Gasteiger partial charge is 0.377 e. The minimum Gasteiger partial charge on any atom is -0.377 e. The molecule has 0 aliphatic carbocycles. The zero-order valence-electron chi connectivity index (χ0n) is 12.3. The molecule has 104 valence electrons. The standard InChI is InChI=1S/C12H28O4Si/c1-10(2)8-12(13-5)16-17(14-6,15-7)9-11(3)4/h10-12H,8-9H2,1-7H3. The third-order valence-corrected chi connectivity index (χ3v) is 5.70. The molecule has 5 heteroatoms. The van der Waals surface area contributed by atoms with Crippen molar-refractivity contribution in [2.24, 2.45) is 11.8 Å². The molecule has 0 amide bonds. The van der Waals surface area contributed by atoms with Gasteiger partial charge in [0.05, 0.1) is 0 Å². The lowest BCUT2D eigenvalue weighted by atomic mass is 10.1. The molecule has 4 nitrogen and oxygen atoms in total. The molecule has 0 saturated carbocycles. The first-order valence-electron chi connectivity index (χ1n) is 6.20. The molecule has 0 heterocycles. The van der Waals surface area contributed by atoms with Crippen LogP contribution < -0.4 is 0 Å². The summed E-state index contributed by atoms with van der Waals surface area (Å²) in [5.74, 6) is 0.984. The van der Waals surface area contributed by atoms with E-state index in [0.29, 0.717) is 11.8 Å². The summed E-state index contributed by atoms with van der Waals surface area (Å²) in [7, 11) is 2.38. The van der Waals surface area contributed by atoms with E-state index in [2.05, 4.69) is 27.7 Å². The molecule has 0 spiro atoms. The van der Waals surface area contributed by atoms with Crippen LogP contribution in [0.3, 0.4) is 0 Å². The first-order valence-corrected chi connectivity index (χ1v) is 8.13. The van der Waals surface area contributed by atoms with Crippen molar-refractivity contribution in [3.05, 3.63) is 0 Å². The SMILES string of the molecule is COC(CC(C)C)O[Si](CC(C)C)(OC)OC. The van der Waals surface area contributed by atoms with E-state index in [1.807, 2.05) is 0 Å². The summed E-state index contributed by atoms with van der Waals surface area (Å²) >= 11 is 0. The van der Waals surface area contributed by atoms with Gasteiger partial charge in [0.1, 0.15) is 0 Å².